The third-order valence-electron chi connectivity index (χ3n) is 2.56. The fourth-order valence-corrected chi connectivity index (χ4v) is 2.62. The van der Waals surface area contributed by atoms with Gasteiger partial charge in [-0.1, -0.05) is 11.6 Å². The minimum Gasteiger partial charge on any atom is -0.382 e. The van der Waals surface area contributed by atoms with E-state index in [1.54, 1.807) is 0 Å². The highest BCUT2D eigenvalue weighted by Gasteiger charge is 2.20. The van der Waals surface area contributed by atoms with E-state index in [4.69, 9.17) is 11.6 Å². The van der Waals surface area contributed by atoms with E-state index in [0.29, 0.717) is 6.42 Å². The summed E-state index contributed by atoms with van der Waals surface area (Å²) in [6.45, 7) is 0.728. The summed E-state index contributed by atoms with van der Waals surface area (Å²) in [5, 5.41) is 6.88. The Kier molecular flexibility index (Phi) is 3.91. The number of carbonyl (C=O) groups excluding carboxylic acids is 1. The van der Waals surface area contributed by atoms with Gasteiger partial charge in [0, 0.05) is 22.6 Å². The molecule has 1 aliphatic heterocycles. The Balaban J connectivity index is 1.92. The number of hydrogen-bond donors (Lipinski definition) is 2. The van der Waals surface area contributed by atoms with Gasteiger partial charge in [-0.2, -0.15) is 0 Å². The third kappa shape index (κ3) is 3.01. The molecule has 1 saturated heterocycles. The summed E-state index contributed by atoms with van der Waals surface area (Å²) in [4.78, 5) is 11.0. The van der Waals surface area contributed by atoms with Gasteiger partial charge in [0.05, 0.1) is 10.7 Å². The summed E-state index contributed by atoms with van der Waals surface area (Å²) in [6.07, 6.45) is 1.53. The lowest BCUT2D eigenvalue weighted by Crippen LogP contribution is -2.31. The van der Waals surface area contributed by atoms with Crippen molar-refractivity contribution in [2.45, 2.75) is 18.9 Å². The minimum absolute atomic E-state index is 0.139. The van der Waals surface area contributed by atoms with Gasteiger partial charge in [-0.3, -0.25) is 4.79 Å². The van der Waals surface area contributed by atoms with E-state index in [9.17, 15) is 4.79 Å². The van der Waals surface area contributed by atoms with Gasteiger partial charge in [0.25, 0.3) is 0 Å². The van der Waals surface area contributed by atoms with Crippen LogP contribution in [0.2, 0.25) is 5.02 Å². The Bertz CT molecular complexity index is 411. The molecule has 1 fully saturated rings. The lowest BCUT2D eigenvalue weighted by Gasteiger charge is -2.13. The number of amides is 1. The summed E-state index contributed by atoms with van der Waals surface area (Å²) < 4.78 is 1.11. The van der Waals surface area contributed by atoms with Crippen LogP contribution in [0.3, 0.4) is 0 Å². The number of carbonyl (C=O) groups is 1. The van der Waals surface area contributed by atoms with E-state index in [-0.39, 0.29) is 11.9 Å². The van der Waals surface area contributed by atoms with E-state index in [2.05, 4.69) is 33.2 Å². The van der Waals surface area contributed by atoms with Crippen LogP contribution < -0.4 is 10.6 Å². The summed E-state index contributed by atoms with van der Waals surface area (Å²) in [7, 11) is 0. The van der Waals surface area contributed by atoms with Gasteiger partial charge in [-0.25, -0.2) is 0 Å². The molecule has 3 nitrogen and oxygen atoms in total. The van der Waals surface area contributed by atoms with Crippen LogP contribution in [0.1, 0.15) is 12.8 Å². The summed E-state index contributed by atoms with van der Waals surface area (Å²) in [6, 6.07) is 6.10. The molecule has 0 aliphatic carbocycles. The third-order valence-corrected chi connectivity index (χ3v) is 3.54. The molecular formula is C11H12ClIN2O. The Labute approximate surface area is 113 Å². The maximum absolute atomic E-state index is 11.0. The monoisotopic (exact) mass is 350 g/mol. The number of rotatable bonds is 3. The Morgan fingerprint density at radius 3 is 3.00 bits per heavy atom. The van der Waals surface area contributed by atoms with Crippen molar-refractivity contribution in [2.24, 2.45) is 0 Å². The van der Waals surface area contributed by atoms with Crippen molar-refractivity contribution in [2.75, 3.05) is 11.9 Å². The zero-order valence-electron chi connectivity index (χ0n) is 8.59. The topological polar surface area (TPSA) is 41.1 Å². The van der Waals surface area contributed by atoms with Crippen LogP contribution in [0, 0.1) is 3.57 Å². The predicted molar refractivity (Wildman–Crippen MR) is 73.8 cm³/mol. The highest BCUT2D eigenvalue weighted by Crippen LogP contribution is 2.24. The Hall–Kier alpha value is -0.490. The number of benzene rings is 1. The molecule has 0 saturated carbocycles. The first kappa shape index (κ1) is 12.0. The van der Waals surface area contributed by atoms with E-state index in [1.165, 1.54) is 0 Å². The molecule has 16 heavy (non-hydrogen) atoms. The normalized spacial score (nSPS) is 19.6. The molecule has 0 radical (unpaired) electrons. The highest BCUT2D eigenvalue weighted by atomic mass is 127. The second-order valence-electron chi connectivity index (χ2n) is 3.81. The zero-order valence-corrected chi connectivity index (χ0v) is 11.5. The van der Waals surface area contributed by atoms with Crippen LogP contribution >= 0.6 is 34.2 Å². The SMILES string of the molecule is O=C1CCC(CNc2ccc(I)cc2Cl)N1. The summed E-state index contributed by atoms with van der Waals surface area (Å²) >= 11 is 8.31. The van der Waals surface area contributed by atoms with Crippen LogP contribution in [0.25, 0.3) is 0 Å². The van der Waals surface area contributed by atoms with Crippen molar-refractivity contribution >= 4 is 45.8 Å². The second kappa shape index (κ2) is 5.23. The summed E-state index contributed by atoms with van der Waals surface area (Å²) in [5.74, 6) is 0.139. The number of hydrogen-bond acceptors (Lipinski definition) is 2. The lowest BCUT2D eigenvalue weighted by molar-refractivity contribution is -0.119. The first-order valence-corrected chi connectivity index (χ1v) is 6.59. The standard InChI is InChI=1S/C11H12ClIN2O/c12-9-5-7(13)1-3-10(9)14-6-8-2-4-11(16)15-8/h1,3,5,8,14H,2,4,6H2,(H,15,16). The van der Waals surface area contributed by atoms with Gasteiger partial charge in [0.2, 0.25) is 5.91 Å². The molecule has 0 spiro atoms. The number of nitrogens with one attached hydrogen (secondary N) is 2. The van der Waals surface area contributed by atoms with Crippen LogP contribution in [0.5, 0.6) is 0 Å². The first-order chi connectivity index (χ1) is 7.65. The van der Waals surface area contributed by atoms with Crippen LogP contribution in [-0.4, -0.2) is 18.5 Å². The lowest BCUT2D eigenvalue weighted by atomic mass is 10.2. The van der Waals surface area contributed by atoms with Gasteiger partial charge in [-0.15, -0.1) is 0 Å². The van der Waals surface area contributed by atoms with E-state index < -0.39 is 0 Å². The molecule has 2 rings (SSSR count). The Morgan fingerprint density at radius 1 is 1.56 bits per heavy atom. The van der Waals surface area contributed by atoms with Crippen molar-refractivity contribution in [1.29, 1.82) is 0 Å². The molecular weight excluding hydrogens is 338 g/mol. The average Bonchev–Trinajstić information content (AvgIpc) is 2.63. The molecule has 1 amide bonds. The molecule has 1 aromatic rings. The highest BCUT2D eigenvalue weighted by molar-refractivity contribution is 14.1. The molecule has 5 heteroatoms. The number of anilines is 1. The largest absolute Gasteiger partial charge is 0.382 e. The quantitative estimate of drug-likeness (QED) is 0.823. The number of halogens is 2. The van der Waals surface area contributed by atoms with Gasteiger partial charge < -0.3 is 10.6 Å². The molecule has 86 valence electrons. The molecule has 0 bridgehead atoms. The molecule has 1 aromatic carbocycles. The Morgan fingerprint density at radius 2 is 2.38 bits per heavy atom. The van der Waals surface area contributed by atoms with Gasteiger partial charge >= 0.3 is 0 Å². The van der Waals surface area contributed by atoms with Crippen molar-refractivity contribution < 1.29 is 4.79 Å². The molecule has 1 unspecified atom stereocenters. The smallest absolute Gasteiger partial charge is 0.220 e. The van der Waals surface area contributed by atoms with Crippen LogP contribution in [-0.2, 0) is 4.79 Å². The maximum Gasteiger partial charge on any atom is 0.220 e. The van der Waals surface area contributed by atoms with Gasteiger partial charge in [0.1, 0.15) is 0 Å². The van der Waals surface area contributed by atoms with Crippen LogP contribution in [0.4, 0.5) is 5.69 Å². The van der Waals surface area contributed by atoms with Crippen molar-refractivity contribution in [3.63, 3.8) is 0 Å². The molecule has 1 aliphatic rings. The average molecular weight is 351 g/mol. The van der Waals surface area contributed by atoms with Gasteiger partial charge in [-0.05, 0) is 47.2 Å². The minimum atomic E-state index is 0.139. The fraction of sp³-hybridized carbons (Fsp3) is 0.364. The van der Waals surface area contributed by atoms with E-state index in [1.807, 2.05) is 18.2 Å². The van der Waals surface area contributed by atoms with Crippen LogP contribution in [0.15, 0.2) is 18.2 Å². The fourth-order valence-electron chi connectivity index (χ4n) is 1.70. The van der Waals surface area contributed by atoms with E-state index >= 15 is 0 Å². The van der Waals surface area contributed by atoms with Crippen molar-refractivity contribution in [3.05, 3.63) is 26.8 Å². The molecule has 0 aromatic heterocycles. The zero-order chi connectivity index (χ0) is 11.5. The second-order valence-corrected chi connectivity index (χ2v) is 5.46. The summed E-state index contributed by atoms with van der Waals surface area (Å²) in [5.41, 5.74) is 0.920. The molecule has 1 heterocycles. The van der Waals surface area contributed by atoms with Crippen molar-refractivity contribution in [1.82, 2.24) is 5.32 Å². The predicted octanol–water partition coefficient (Wildman–Crippen LogP) is 2.64. The molecule has 1 atom stereocenters. The first-order valence-electron chi connectivity index (χ1n) is 5.13. The van der Waals surface area contributed by atoms with Gasteiger partial charge in [0.15, 0.2) is 0 Å². The molecule has 2 N–H and O–H groups in total. The van der Waals surface area contributed by atoms with E-state index in [0.717, 1.165) is 27.2 Å². The maximum atomic E-state index is 11.0. The van der Waals surface area contributed by atoms with Crippen molar-refractivity contribution in [3.8, 4) is 0 Å².